The highest BCUT2D eigenvalue weighted by atomic mass is 32.1. The van der Waals surface area contributed by atoms with Crippen LogP contribution in [0.1, 0.15) is 16.5 Å². The van der Waals surface area contributed by atoms with Gasteiger partial charge in [0.2, 0.25) is 5.89 Å². The number of benzene rings is 2. The number of rotatable bonds is 6. The van der Waals surface area contributed by atoms with Gasteiger partial charge < -0.3 is 4.42 Å². The maximum atomic E-state index is 5.64. The number of aromatic nitrogens is 3. The Morgan fingerprint density at radius 2 is 1.88 bits per heavy atom. The lowest BCUT2D eigenvalue weighted by atomic mass is 10.2. The highest BCUT2D eigenvalue weighted by Gasteiger charge is 2.11. The van der Waals surface area contributed by atoms with Gasteiger partial charge in [0.05, 0.1) is 29.9 Å². The molecule has 2 aromatic carbocycles. The molecule has 4 aromatic rings. The Balaban J connectivity index is 1.44. The molecule has 0 fully saturated rings. The number of para-hydroxylation sites is 1. The fourth-order valence-corrected chi connectivity index (χ4v) is 4.02. The highest BCUT2D eigenvalue weighted by molar-refractivity contribution is 7.71. The molecule has 0 unspecified atom stereocenters. The molecule has 26 heavy (non-hydrogen) atoms. The first kappa shape index (κ1) is 17.1. The van der Waals surface area contributed by atoms with Gasteiger partial charge in [-0.2, -0.15) is 0 Å². The van der Waals surface area contributed by atoms with Crippen LogP contribution in [0.25, 0.3) is 10.2 Å². The predicted molar refractivity (Wildman–Crippen MR) is 106 cm³/mol. The minimum Gasteiger partial charge on any atom is -0.414 e. The van der Waals surface area contributed by atoms with E-state index in [9.17, 15) is 0 Å². The topological polar surface area (TPSA) is 47.1 Å². The minimum atomic E-state index is 0.395. The number of nitrogens with zero attached hydrogens (tertiary/aromatic N) is 4. The normalized spacial score (nSPS) is 11.5. The second kappa shape index (κ2) is 7.49. The van der Waals surface area contributed by atoms with Crippen molar-refractivity contribution < 1.29 is 4.42 Å². The van der Waals surface area contributed by atoms with E-state index in [1.165, 1.54) is 4.70 Å². The Morgan fingerprint density at radius 1 is 1.12 bits per heavy atom. The lowest BCUT2D eigenvalue weighted by molar-refractivity contribution is 0.240. The molecule has 0 radical (unpaired) electrons. The van der Waals surface area contributed by atoms with Crippen molar-refractivity contribution in [3.05, 3.63) is 75.9 Å². The van der Waals surface area contributed by atoms with Crippen LogP contribution in [0, 0.1) is 4.84 Å². The van der Waals surface area contributed by atoms with E-state index in [0.29, 0.717) is 23.8 Å². The molecule has 0 spiro atoms. The van der Waals surface area contributed by atoms with Gasteiger partial charge in [-0.05, 0) is 37.0 Å². The van der Waals surface area contributed by atoms with Crippen LogP contribution in [-0.4, -0.2) is 26.7 Å². The van der Waals surface area contributed by atoms with Crippen molar-refractivity contribution in [3.63, 3.8) is 0 Å². The van der Waals surface area contributed by atoms with E-state index in [2.05, 4.69) is 33.2 Å². The summed E-state index contributed by atoms with van der Waals surface area (Å²) in [4.78, 5) is 7.20. The third-order valence-corrected chi connectivity index (χ3v) is 5.28. The maximum absolute atomic E-state index is 5.64. The summed E-state index contributed by atoms with van der Waals surface area (Å²) in [5, 5.41) is 5.59. The Labute approximate surface area is 160 Å². The van der Waals surface area contributed by atoms with Gasteiger partial charge in [-0.1, -0.05) is 42.5 Å². The van der Waals surface area contributed by atoms with Crippen LogP contribution in [0.4, 0.5) is 0 Å². The van der Waals surface area contributed by atoms with Gasteiger partial charge in [0.25, 0.3) is 4.84 Å². The van der Waals surface area contributed by atoms with Crippen LogP contribution in [0.5, 0.6) is 0 Å². The predicted octanol–water partition coefficient (Wildman–Crippen LogP) is 4.50. The summed E-state index contributed by atoms with van der Waals surface area (Å²) in [6, 6.07) is 18.3. The van der Waals surface area contributed by atoms with Crippen molar-refractivity contribution in [1.82, 2.24) is 19.7 Å². The molecule has 4 rings (SSSR count). The summed E-state index contributed by atoms with van der Waals surface area (Å²) < 4.78 is 8.58. The van der Waals surface area contributed by atoms with Crippen LogP contribution in [0.3, 0.4) is 0 Å². The Morgan fingerprint density at radius 3 is 2.69 bits per heavy atom. The van der Waals surface area contributed by atoms with Crippen LogP contribution >= 0.6 is 23.6 Å². The quantitative estimate of drug-likeness (QED) is 0.460. The summed E-state index contributed by atoms with van der Waals surface area (Å²) in [5.41, 5.74) is 2.20. The van der Waals surface area contributed by atoms with Gasteiger partial charge >= 0.3 is 0 Å². The zero-order chi connectivity index (χ0) is 17.9. The van der Waals surface area contributed by atoms with Crippen molar-refractivity contribution >= 4 is 33.8 Å². The summed E-state index contributed by atoms with van der Waals surface area (Å²) >= 11 is 7.03. The molecule has 2 aromatic heterocycles. The second-order valence-corrected chi connectivity index (χ2v) is 7.62. The standard InChI is InChI=1S/C19H18N4OS2/c1-22(12-18-20-15-9-5-6-10-16(15)26-18)13-23-19(25)24-17(21-23)11-14-7-3-2-4-8-14/h2-10H,11-13H2,1H3. The zero-order valence-corrected chi connectivity index (χ0v) is 16.0. The van der Waals surface area contributed by atoms with Crippen LogP contribution in [0.2, 0.25) is 0 Å². The fourth-order valence-electron chi connectivity index (χ4n) is 2.78. The molecule has 0 saturated heterocycles. The lowest BCUT2D eigenvalue weighted by Gasteiger charge is -2.13. The van der Waals surface area contributed by atoms with E-state index >= 15 is 0 Å². The van der Waals surface area contributed by atoms with Crippen molar-refractivity contribution in [1.29, 1.82) is 0 Å². The van der Waals surface area contributed by atoms with Crippen LogP contribution in [0.15, 0.2) is 59.0 Å². The molecule has 0 amide bonds. The van der Waals surface area contributed by atoms with Gasteiger partial charge in [0.15, 0.2) is 0 Å². The monoisotopic (exact) mass is 382 g/mol. The van der Waals surface area contributed by atoms with E-state index in [4.69, 9.17) is 16.6 Å². The van der Waals surface area contributed by atoms with Gasteiger partial charge in [0.1, 0.15) is 5.01 Å². The summed E-state index contributed by atoms with van der Waals surface area (Å²) in [6.07, 6.45) is 0.638. The third-order valence-electron chi connectivity index (χ3n) is 3.97. The number of thiazole rings is 1. The first-order valence-electron chi connectivity index (χ1n) is 8.31. The Hall–Kier alpha value is -2.35. The van der Waals surface area contributed by atoms with E-state index in [0.717, 1.165) is 22.6 Å². The molecule has 0 atom stereocenters. The van der Waals surface area contributed by atoms with Gasteiger partial charge in [0, 0.05) is 0 Å². The van der Waals surface area contributed by atoms with Crippen molar-refractivity contribution in [3.8, 4) is 0 Å². The Bertz CT molecular complexity index is 1030. The van der Waals surface area contributed by atoms with E-state index in [-0.39, 0.29) is 0 Å². The van der Waals surface area contributed by atoms with E-state index < -0.39 is 0 Å². The molecule has 0 saturated carbocycles. The van der Waals surface area contributed by atoms with Gasteiger partial charge in [-0.3, -0.25) is 4.90 Å². The van der Waals surface area contributed by atoms with Crippen molar-refractivity contribution in [2.45, 2.75) is 19.6 Å². The van der Waals surface area contributed by atoms with Crippen molar-refractivity contribution in [2.24, 2.45) is 0 Å². The van der Waals surface area contributed by atoms with E-state index in [1.807, 2.05) is 43.4 Å². The molecule has 0 aliphatic carbocycles. The van der Waals surface area contributed by atoms with E-state index in [1.54, 1.807) is 16.0 Å². The first-order valence-corrected chi connectivity index (χ1v) is 9.53. The number of fused-ring (bicyclic) bond motifs is 1. The molecule has 0 N–H and O–H groups in total. The minimum absolute atomic E-state index is 0.395. The Kier molecular flexibility index (Phi) is 4.92. The largest absolute Gasteiger partial charge is 0.414 e. The van der Waals surface area contributed by atoms with Crippen molar-refractivity contribution in [2.75, 3.05) is 7.05 Å². The summed E-state index contributed by atoms with van der Waals surface area (Å²) in [6.45, 7) is 1.30. The third kappa shape index (κ3) is 3.90. The average Bonchev–Trinajstić information content (AvgIpc) is 3.18. The maximum Gasteiger partial charge on any atom is 0.288 e. The molecule has 2 heterocycles. The smallest absolute Gasteiger partial charge is 0.288 e. The fraction of sp³-hybridized carbons (Fsp3) is 0.211. The molecular weight excluding hydrogens is 364 g/mol. The zero-order valence-electron chi connectivity index (χ0n) is 14.3. The second-order valence-electron chi connectivity index (χ2n) is 6.15. The molecule has 5 nitrogen and oxygen atoms in total. The SMILES string of the molecule is CN(Cc1nc2ccccc2s1)Cn1nc(Cc2ccccc2)oc1=S. The molecule has 7 heteroatoms. The molecular formula is C19H18N4OS2. The highest BCUT2D eigenvalue weighted by Crippen LogP contribution is 2.22. The molecule has 0 aliphatic rings. The van der Waals surface area contributed by atoms with Crippen LogP contribution < -0.4 is 0 Å². The number of hydrogen-bond acceptors (Lipinski definition) is 6. The summed E-state index contributed by atoms with van der Waals surface area (Å²) in [7, 11) is 2.03. The molecule has 0 aliphatic heterocycles. The average molecular weight is 383 g/mol. The molecule has 132 valence electrons. The van der Waals surface area contributed by atoms with Crippen LogP contribution in [-0.2, 0) is 19.6 Å². The molecule has 0 bridgehead atoms. The van der Waals surface area contributed by atoms with Gasteiger partial charge in [-0.15, -0.1) is 16.4 Å². The number of hydrogen-bond donors (Lipinski definition) is 0. The summed E-state index contributed by atoms with van der Waals surface area (Å²) in [5.74, 6) is 0.634. The first-order chi connectivity index (χ1) is 12.7. The lowest BCUT2D eigenvalue weighted by Crippen LogP contribution is -2.22. The van der Waals surface area contributed by atoms with Gasteiger partial charge in [-0.25, -0.2) is 9.67 Å².